The third-order valence-electron chi connectivity index (χ3n) is 4.94. The highest BCUT2D eigenvalue weighted by molar-refractivity contribution is 5.34. The standard InChI is InChI=1S/C13H13N3/c14-16-15-13-11-9-7-5-3-1-2-4-6-8(7)10(9)12(11)13/h1-13H/b2-1-,5-3-,6-4-/t7-,8+,9-,10+,11?,12?,13?. The Kier molecular flexibility index (Phi) is 1.52. The fraction of sp³-hybridized carbons (Fsp3) is 0.538. The van der Waals surface area contributed by atoms with Crippen LogP contribution in [0.5, 0.6) is 0 Å². The van der Waals surface area contributed by atoms with Crippen molar-refractivity contribution < 1.29 is 0 Å². The van der Waals surface area contributed by atoms with Gasteiger partial charge in [-0.3, -0.25) is 0 Å². The van der Waals surface area contributed by atoms with E-state index >= 15 is 0 Å². The molecule has 4 rings (SSSR count). The SMILES string of the molecule is [N-]=[N+]=NC1C2C1[C@H]1[C@H]3\C=C/C=C\C=C/[C@H]3[C@@H]21. The first-order valence-electron chi connectivity index (χ1n) is 5.99. The van der Waals surface area contributed by atoms with Gasteiger partial charge < -0.3 is 0 Å². The van der Waals surface area contributed by atoms with Crippen molar-refractivity contribution in [1.29, 1.82) is 0 Å². The molecule has 0 bridgehead atoms. The molecule has 4 aliphatic carbocycles. The summed E-state index contributed by atoms with van der Waals surface area (Å²) < 4.78 is 0. The molecule has 3 heteroatoms. The summed E-state index contributed by atoms with van der Waals surface area (Å²) in [7, 11) is 0. The summed E-state index contributed by atoms with van der Waals surface area (Å²) in [5, 5.41) is 3.92. The highest BCUT2D eigenvalue weighted by Crippen LogP contribution is 2.77. The molecule has 0 N–H and O–H groups in total. The van der Waals surface area contributed by atoms with E-state index in [1.807, 2.05) is 0 Å². The van der Waals surface area contributed by atoms with Crippen molar-refractivity contribution in [3.05, 3.63) is 46.9 Å². The van der Waals surface area contributed by atoms with Crippen molar-refractivity contribution in [2.45, 2.75) is 6.04 Å². The van der Waals surface area contributed by atoms with Crippen LogP contribution in [0.25, 0.3) is 10.4 Å². The van der Waals surface area contributed by atoms with Crippen molar-refractivity contribution >= 4 is 0 Å². The lowest BCUT2D eigenvalue weighted by Crippen LogP contribution is -2.53. The molecule has 0 aromatic heterocycles. The van der Waals surface area contributed by atoms with E-state index in [0.29, 0.717) is 29.7 Å². The Hall–Kier alpha value is -1.47. The van der Waals surface area contributed by atoms with Crippen LogP contribution < -0.4 is 0 Å². The van der Waals surface area contributed by atoms with E-state index in [-0.39, 0.29) is 0 Å². The second-order valence-corrected chi connectivity index (χ2v) is 5.31. The minimum Gasteiger partial charge on any atom is -0.0900 e. The van der Waals surface area contributed by atoms with Crippen LogP contribution in [0.2, 0.25) is 0 Å². The molecule has 0 heterocycles. The normalized spacial score (nSPS) is 60.1. The molecule has 4 aliphatic rings. The lowest BCUT2D eigenvalue weighted by atomic mass is 9.47. The highest BCUT2D eigenvalue weighted by atomic mass is 15.2. The van der Waals surface area contributed by atoms with Crippen LogP contribution in [0.15, 0.2) is 41.6 Å². The third-order valence-corrected chi connectivity index (χ3v) is 4.94. The molecule has 3 fully saturated rings. The van der Waals surface area contributed by atoms with Crippen LogP contribution >= 0.6 is 0 Å². The van der Waals surface area contributed by atoms with Gasteiger partial charge in [-0.1, -0.05) is 41.6 Å². The van der Waals surface area contributed by atoms with Gasteiger partial charge in [-0.15, -0.1) is 0 Å². The average molecular weight is 211 g/mol. The first kappa shape index (κ1) is 8.66. The van der Waals surface area contributed by atoms with Gasteiger partial charge >= 0.3 is 0 Å². The predicted molar refractivity (Wildman–Crippen MR) is 61.3 cm³/mol. The van der Waals surface area contributed by atoms with Gasteiger partial charge in [0, 0.05) is 11.0 Å². The smallest absolute Gasteiger partial charge is 0.0442 e. The van der Waals surface area contributed by atoms with E-state index in [0.717, 1.165) is 11.8 Å². The van der Waals surface area contributed by atoms with Crippen LogP contribution in [0.4, 0.5) is 0 Å². The number of rotatable bonds is 1. The van der Waals surface area contributed by atoms with Gasteiger partial charge in [-0.2, -0.15) is 0 Å². The van der Waals surface area contributed by atoms with Crippen molar-refractivity contribution in [3.63, 3.8) is 0 Å². The minimum atomic E-state index is 0.322. The maximum Gasteiger partial charge on any atom is 0.0442 e. The van der Waals surface area contributed by atoms with Gasteiger partial charge in [0.2, 0.25) is 0 Å². The Balaban J connectivity index is 1.62. The quantitative estimate of drug-likeness (QED) is 0.363. The number of azide groups is 1. The first-order valence-corrected chi connectivity index (χ1v) is 5.99. The zero-order valence-corrected chi connectivity index (χ0v) is 8.85. The summed E-state index contributed by atoms with van der Waals surface area (Å²) in [5.74, 6) is 4.43. The maximum atomic E-state index is 8.50. The summed E-state index contributed by atoms with van der Waals surface area (Å²) in [6.07, 6.45) is 13.2. The molecule has 3 saturated carbocycles. The van der Waals surface area contributed by atoms with Gasteiger partial charge in [0.15, 0.2) is 0 Å². The van der Waals surface area contributed by atoms with Crippen molar-refractivity contribution in [2.24, 2.45) is 40.6 Å². The molecule has 0 saturated heterocycles. The van der Waals surface area contributed by atoms with E-state index in [1.54, 1.807) is 0 Å². The van der Waals surface area contributed by atoms with Gasteiger partial charge in [-0.05, 0) is 41.0 Å². The van der Waals surface area contributed by atoms with Gasteiger partial charge in [0.1, 0.15) is 0 Å². The number of allylic oxidation sites excluding steroid dienone is 6. The first-order chi connectivity index (χ1) is 7.93. The molecule has 3 nitrogen and oxygen atoms in total. The molecule has 0 aliphatic heterocycles. The van der Waals surface area contributed by atoms with E-state index in [1.165, 1.54) is 0 Å². The fourth-order valence-corrected chi connectivity index (χ4v) is 4.31. The summed E-state index contributed by atoms with van der Waals surface area (Å²) in [4.78, 5) is 2.97. The second kappa shape index (κ2) is 2.80. The summed E-state index contributed by atoms with van der Waals surface area (Å²) in [5.41, 5.74) is 8.50. The Labute approximate surface area is 94.2 Å². The van der Waals surface area contributed by atoms with Gasteiger partial charge in [0.05, 0.1) is 0 Å². The molecule has 0 aromatic carbocycles. The lowest BCUT2D eigenvalue weighted by Gasteiger charge is -2.57. The number of nitrogens with zero attached hydrogens (tertiary/aromatic N) is 3. The molecular weight excluding hydrogens is 198 g/mol. The zero-order valence-electron chi connectivity index (χ0n) is 8.85. The van der Waals surface area contributed by atoms with E-state index in [4.69, 9.17) is 5.53 Å². The molecule has 0 aromatic rings. The van der Waals surface area contributed by atoms with Crippen molar-refractivity contribution in [2.75, 3.05) is 0 Å². The number of hydrogen-bond acceptors (Lipinski definition) is 1. The number of fused-ring (bicyclic) bond motifs is 7. The maximum absolute atomic E-state index is 8.50. The van der Waals surface area contributed by atoms with Crippen LogP contribution in [-0.4, -0.2) is 6.04 Å². The highest BCUT2D eigenvalue weighted by Gasteiger charge is 2.77. The minimum absolute atomic E-state index is 0.322. The lowest BCUT2D eigenvalue weighted by molar-refractivity contribution is -0.0629. The molecule has 0 amide bonds. The molecule has 0 radical (unpaired) electrons. The van der Waals surface area contributed by atoms with E-state index in [2.05, 4.69) is 46.5 Å². The van der Waals surface area contributed by atoms with Gasteiger partial charge in [-0.25, -0.2) is 0 Å². The molecule has 80 valence electrons. The van der Waals surface area contributed by atoms with E-state index in [9.17, 15) is 0 Å². The summed E-state index contributed by atoms with van der Waals surface area (Å²) in [6, 6.07) is 0.322. The van der Waals surface area contributed by atoms with Crippen molar-refractivity contribution in [3.8, 4) is 0 Å². The van der Waals surface area contributed by atoms with E-state index < -0.39 is 0 Å². The fourth-order valence-electron chi connectivity index (χ4n) is 4.31. The Morgan fingerprint density at radius 3 is 1.88 bits per heavy atom. The second-order valence-electron chi connectivity index (χ2n) is 5.31. The summed E-state index contributed by atoms with van der Waals surface area (Å²) in [6.45, 7) is 0. The Bertz CT molecular complexity index is 436. The third kappa shape index (κ3) is 0.840. The van der Waals surface area contributed by atoms with Crippen LogP contribution in [0.1, 0.15) is 0 Å². The van der Waals surface area contributed by atoms with Crippen molar-refractivity contribution in [1.82, 2.24) is 0 Å². The van der Waals surface area contributed by atoms with Crippen LogP contribution in [-0.2, 0) is 0 Å². The van der Waals surface area contributed by atoms with Crippen LogP contribution in [0.3, 0.4) is 0 Å². The zero-order chi connectivity index (χ0) is 10.7. The molecular formula is C13H13N3. The molecule has 3 unspecified atom stereocenters. The van der Waals surface area contributed by atoms with Crippen LogP contribution in [0, 0.1) is 35.5 Å². The summed E-state index contributed by atoms with van der Waals surface area (Å²) >= 11 is 0. The largest absolute Gasteiger partial charge is 0.0900 e. The van der Waals surface area contributed by atoms with Gasteiger partial charge in [0.25, 0.3) is 0 Å². The average Bonchev–Trinajstić information content (AvgIpc) is 2.82. The topological polar surface area (TPSA) is 48.8 Å². The predicted octanol–water partition coefficient (Wildman–Crippen LogP) is 3.09. The Morgan fingerprint density at radius 1 is 0.812 bits per heavy atom. The molecule has 7 atom stereocenters. The number of hydrogen-bond donors (Lipinski definition) is 0. The monoisotopic (exact) mass is 211 g/mol. The Morgan fingerprint density at radius 2 is 1.38 bits per heavy atom. The molecule has 0 spiro atoms. The molecule has 16 heavy (non-hydrogen) atoms.